The number of nitrogens with zero attached hydrogens (tertiary/aromatic N) is 1. The highest BCUT2D eigenvalue weighted by atomic mass is 16.4. The van der Waals surface area contributed by atoms with E-state index >= 15 is 0 Å². The second-order valence-corrected chi connectivity index (χ2v) is 6.39. The number of rotatable bonds is 0. The number of hydrogen-bond donors (Lipinski definition) is 2. The molecular weight excluding hydrogens is 226 g/mol. The number of aliphatic hydroxyl groups is 1. The van der Waals surface area contributed by atoms with Crippen molar-refractivity contribution in [2.45, 2.75) is 77.7 Å². The first-order chi connectivity index (χ1) is 8.45. The summed E-state index contributed by atoms with van der Waals surface area (Å²) in [5.74, 6) is 1.38. The van der Waals surface area contributed by atoms with Crippen LogP contribution in [-0.2, 0) is 0 Å². The maximum atomic E-state index is 10.4. The normalized spacial score (nSPS) is 39.0. The van der Waals surface area contributed by atoms with Crippen molar-refractivity contribution in [3.05, 3.63) is 0 Å². The Labute approximate surface area is 111 Å². The molecule has 3 heteroatoms. The molecule has 3 atom stereocenters. The molecule has 0 aromatic rings. The van der Waals surface area contributed by atoms with Crippen LogP contribution in [0.4, 0.5) is 0 Å². The highest BCUT2D eigenvalue weighted by Gasteiger charge is 2.28. The topological polar surface area (TPSA) is 52.8 Å². The lowest BCUT2D eigenvalue weighted by molar-refractivity contribution is 0.109. The Kier molecular flexibility index (Phi) is 6.13. The van der Waals surface area contributed by atoms with Gasteiger partial charge in [0.2, 0.25) is 0 Å². The highest BCUT2D eigenvalue weighted by Crippen LogP contribution is 2.26. The highest BCUT2D eigenvalue weighted by molar-refractivity contribution is 5.91. The van der Waals surface area contributed by atoms with Gasteiger partial charge in [-0.3, -0.25) is 0 Å². The lowest BCUT2D eigenvalue weighted by atomic mass is 9.84. The number of hydrogen-bond acceptors (Lipinski definition) is 3. The van der Waals surface area contributed by atoms with Crippen molar-refractivity contribution in [1.82, 2.24) is 0 Å². The van der Waals surface area contributed by atoms with Gasteiger partial charge in [0.15, 0.2) is 0 Å². The summed E-state index contributed by atoms with van der Waals surface area (Å²) in [6, 6.07) is 0. The summed E-state index contributed by atoms with van der Waals surface area (Å²) in [5.41, 5.74) is -0.379. The fourth-order valence-corrected chi connectivity index (χ4v) is 2.85. The van der Waals surface area contributed by atoms with Crippen molar-refractivity contribution < 1.29 is 10.3 Å². The molecule has 106 valence electrons. The average molecular weight is 255 g/mol. The van der Waals surface area contributed by atoms with Crippen LogP contribution in [0.5, 0.6) is 0 Å². The zero-order chi connectivity index (χ0) is 13.6. The van der Waals surface area contributed by atoms with Gasteiger partial charge in [-0.05, 0) is 44.4 Å². The van der Waals surface area contributed by atoms with E-state index in [0.717, 1.165) is 25.2 Å². The molecule has 0 amide bonds. The van der Waals surface area contributed by atoms with Crippen LogP contribution in [0.2, 0.25) is 0 Å². The van der Waals surface area contributed by atoms with Crippen LogP contribution in [0.1, 0.15) is 72.1 Å². The molecular formula is C15H29NO2. The molecule has 0 heterocycles. The van der Waals surface area contributed by atoms with Gasteiger partial charge in [0.1, 0.15) is 5.60 Å². The molecule has 0 aliphatic heterocycles. The largest absolute Gasteiger partial charge is 0.411 e. The van der Waals surface area contributed by atoms with Crippen LogP contribution in [0, 0.1) is 11.8 Å². The van der Waals surface area contributed by atoms with E-state index in [-0.39, 0.29) is 0 Å². The predicted octanol–water partition coefficient (Wildman–Crippen LogP) is 3.97. The molecule has 3 unspecified atom stereocenters. The molecule has 1 saturated carbocycles. The molecule has 1 rings (SSSR count). The molecule has 3 nitrogen and oxygen atoms in total. The van der Waals surface area contributed by atoms with Crippen LogP contribution < -0.4 is 0 Å². The molecule has 0 aromatic carbocycles. The van der Waals surface area contributed by atoms with Crippen LogP contribution >= 0.6 is 0 Å². The Morgan fingerprint density at radius 2 is 1.61 bits per heavy atom. The van der Waals surface area contributed by atoms with Gasteiger partial charge in [0.25, 0.3) is 0 Å². The summed E-state index contributed by atoms with van der Waals surface area (Å²) in [6.07, 6.45) is 8.41. The molecule has 1 fully saturated rings. The SMILES string of the molecule is CC1CCCC(C)CCC(=NO)C(C)(O)CCC1. The van der Waals surface area contributed by atoms with Gasteiger partial charge in [0, 0.05) is 0 Å². The molecule has 0 spiro atoms. The maximum absolute atomic E-state index is 10.4. The molecule has 0 saturated heterocycles. The molecule has 0 aromatic heterocycles. The molecule has 2 N–H and O–H groups in total. The first-order valence-corrected chi connectivity index (χ1v) is 7.39. The van der Waals surface area contributed by atoms with E-state index in [2.05, 4.69) is 19.0 Å². The van der Waals surface area contributed by atoms with Crippen LogP contribution in [0.3, 0.4) is 0 Å². The summed E-state index contributed by atoms with van der Waals surface area (Å²) < 4.78 is 0. The van der Waals surface area contributed by atoms with E-state index < -0.39 is 5.60 Å². The van der Waals surface area contributed by atoms with Gasteiger partial charge in [-0.1, -0.05) is 44.7 Å². The Balaban J connectivity index is 2.67. The fraction of sp³-hybridized carbons (Fsp3) is 0.933. The average Bonchev–Trinajstić information content (AvgIpc) is 2.28. The lowest BCUT2D eigenvalue weighted by Gasteiger charge is -2.26. The maximum Gasteiger partial charge on any atom is 0.103 e. The van der Waals surface area contributed by atoms with Crippen molar-refractivity contribution in [1.29, 1.82) is 0 Å². The van der Waals surface area contributed by atoms with Gasteiger partial charge in [-0.25, -0.2) is 0 Å². The number of oxime groups is 1. The Bertz CT molecular complexity index is 274. The summed E-state index contributed by atoms with van der Waals surface area (Å²) in [7, 11) is 0. The smallest absolute Gasteiger partial charge is 0.103 e. The van der Waals surface area contributed by atoms with Gasteiger partial charge in [-0.15, -0.1) is 0 Å². The summed E-state index contributed by atoms with van der Waals surface area (Å²) >= 11 is 0. The Morgan fingerprint density at radius 1 is 1.06 bits per heavy atom. The molecule has 0 bridgehead atoms. The van der Waals surface area contributed by atoms with E-state index in [0.29, 0.717) is 24.5 Å². The minimum Gasteiger partial charge on any atom is -0.411 e. The summed E-state index contributed by atoms with van der Waals surface area (Å²) in [4.78, 5) is 0. The van der Waals surface area contributed by atoms with E-state index in [9.17, 15) is 5.11 Å². The Hall–Kier alpha value is -0.570. The van der Waals surface area contributed by atoms with Crippen molar-refractivity contribution >= 4 is 5.71 Å². The standard InChI is InChI=1S/C15H29NO2/c1-12-6-4-7-13(2)9-10-14(16-18)15(3,17)11-5-8-12/h12-13,17-18H,4-11H2,1-3H3. The molecule has 0 radical (unpaired) electrons. The Morgan fingerprint density at radius 3 is 2.22 bits per heavy atom. The van der Waals surface area contributed by atoms with Crippen LogP contribution in [0.25, 0.3) is 0 Å². The van der Waals surface area contributed by atoms with E-state index in [4.69, 9.17) is 5.21 Å². The van der Waals surface area contributed by atoms with Crippen molar-refractivity contribution in [3.63, 3.8) is 0 Å². The zero-order valence-corrected chi connectivity index (χ0v) is 12.2. The van der Waals surface area contributed by atoms with E-state index in [1.54, 1.807) is 6.92 Å². The summed E-state index contributed by atoms with van der Waals surface area (Å²) in [5, 5.41) is 22.8. The predicted molar refractivity (Wildman–Crippen MR) is 75.1 cm³/mol. The first kappa shape index (κ1) is 15.5. The van der Waals surface area contributed by atoms with Gasteiger partial charge < -0.3 is 10.3 Å². The van der Waals surface area contributed by atoms with Crippen molar-refractivity contribution in [3.8, 4) is 0 Å². The second kappa shape index (κ2) is 7.13. The van der Waals surface area contributed by atoms with E-state index in [1.807, 2.05) is 0 Å². The second-order valence-electron chi connectivity index (χ2n) is 6.39. The first-order valence-electron chi connectivity index (χ1n) is 7.39. The van der Waals surface area contributed by atoms with E-state index in [1.165, 1.54) is 19.3 Å². The monoisotopic (exact) mass is 255 g/mol. The van der Waals surface area contributed by atoms with Crippen LogP contribution in [-0.4, -0.2) is 21.6 Å². The van der Waals surface area contributed by atoms with Gasteiger partial charge in [-0.2, -0.15) is 0 Å². The quantitative estimate of drug-likeness (QED) is 0.508. The molecule has 1 aliphatic carbocycles. The molecule has 1 aliphatic rings. The third-order valence-corrected chi connectivity index (χ3v) is 4.37. The van der Waals surface area contributed by atoms with Gasteiger partial charge >= 0.3 is 0 Å². The minimum absolute atomic E-state index is 0.558. The zero-order valence-electron chi connectivity index (χ0n) is 12.2. The lowest BCUT2D eigenvalue weighted by Crippen LogP contribution is -2.35. The third kappa shape index (κ3) is 4.97. The minimum atomic E-state index is -0.937. The summed E-state index contributed by atoms with van der Waals surface area (Å²) in [6.45, 7) is 6.33. The van der Waals surface area contributed by atoms with Crippen molar-refractivity contribution in [2.75, 3.05) is 0 Å². The van der Waals surface area contributed by atoms with Gasteiger partial charge in [0.05, 0.1) is 5.71 Å². The van der Waals surface area contributed by atoms with Crippen LogP contribution in [0.15, 0.2) is 5.16 Å². The fourth-order valence-electron chi connectivity index (χ4n) is 2.85. The molecule has 18 heavy (non-hydrogen) atoms. The third-order valence-electron chi connectivity index (χ3n) is 4.37. The van der Waals surface area contributed by atoms with Crippen molar-refractivity contribution in [2.24, 2.45) is 17.0 Å².